The molecule has 0 amide bonds. The zero-order valence-electron chi connectivity index (χ0n) is 6.59. The molecule has 1 aromatic heterocycles. The molecule has 2 rings (SSSR count). The van der Waals surface area contributed by atoms with Crippen LogP contribution in [0.3, 0.4) is 0 Å². The number of halogens is 2. The van der Waals surface area contributed by atoms with E-state index in [1.54, 1.807) is 0 Å². The summed E-state index contributed by atoms with van der Waals surface area (Å²) in [6, 6.07) is 2.46. The van der Waals surface area contributed by atoms with E-state index in [1.807, 2.05) is 4.68 Å². The smallest absolute Gasteiger partial charge is 0.147 e. The first-order chi connectivity index (χ1) is 6.24. The van der Waals surface area contributed by atoms with Gasteiger partial charge in [0.25, 0.3) is 0 Å². The fourth-order valence-electron chi connectivity index (χ4n) is 1.17. The molecular formula is C7H6Br2N4. The van der Waals surface area contributed by atoms with Crippen molar-refractivity contribution in [3.05, 3.63) is 14.8 Å². The molecule has 1 aliphatic rings. The van der Waals surface area contributed by atoms with E-state index in [0.29, 0.717) is 16.2 Å². The van der Waals surface area contributed by atoms with Crippen molar-refractivity contribution in [3.8, 4) is 6.07 Å². The van der Waals surface area contributed by atoms with E-state index in [1.165, 1.54) is 0 Å². The molecule has 0 radical (unpaired) electrons. The van der Waals surface area contributed by atoms with Crippen LogP contribution in [-0.4, -0.2) is 22.9 Å². The van der Waals surface area contributed by atoms with Crippen LogP contribution in [0.15, 0.2) is 9.21 Å². The van der Waals surface area contributed by atoms with E-state index in [4.69, 9.17) is 5.26 Å². The van der Waals surface area contributed by atoms with Gasteiger partial charge in [-0.05, 0) is 31.9 Å². The van der Waals surface area contributed by atoms with E-state index in [-0.39, 0.29) is 0 Å². The van der Waals surface area contributed by atoms with Crippen molar-refractivity contribution < 1.29 is 0 Å². The van der Waals surface area contributed by atoms with Gasteiger partial charge in [0.05, 0.1) is 6.04 Å². The molecular weight excluding hydrogens is 300 g/mol. The van der Waals surface area contributed by atoms with E-state index in [9.17, 15) is 0 Å². The molecule has 68 valence electrons. The molecule has 1 N–H and O–H groups in total. The highest BCUT2D eigenvalue weighted by atomic mass is 79.9. The quantitative estimate of drug-likeness (QED) is 0.854. The van der Waals surface area contributed by atoms with Crippen LogP contribution in [0.2, 0.25) is 0 Å². The summed E-state index contributed by atoms with van der Waals surface area (Å²) in [7, 11) is 0. The van der Waals surface area contributed by atoms with Gasteiger partial charge in [-0.25, -0.2) is 0 Å². The van der Waals surface area contributed by atoms with Crippen LogP contribution in [0.1, 0.15) is 11.6 Å². The highest BCUT2D eigenvalue weighted by molar-refractivity contribution is 9.11. The molecule has 1 saturated heterocycles. The molecule has 1 fully saturated rings. The van der Waals surface area contributed by atoms with E-state index < -0.39 is 0 Å². The van der Waals surface area contributed by atoms with Gasteiger partial charge in [0, 0.05) is 13.1 Å². The highest BCUT2D eigenvalue weighted by Crippen LogP contribution is 2.27. The van der Waals surface area contributed by atoms with Crippen molar-refractivity contribution >= 4 is 31.9 Å². The summed E-state index contributed by atoms with van der Waals surface area (Å²) < 4.78 is 3.20. The molecule has 0 bridgehead atoms. The lowest BCUT2D eigenvalue weighted by atomic mass is 10.2. The monoisotopic (exact) mass is 304 g/mol. The first-order valence-corrected chi connectivity index (χ1v) is 5.37. The third-order valence-corrected chi connectivity index (χ3v) is 3.34. The van der Waals surface area contributed by atoms with E-state index >= 15 is 0 Å². The lowest BCUT2D eigenvalue weighted by molar-refractivity contribution is 0.313. The average molecular weight is 306 g/mol. The number of hydrogen-bond acceptors (Lipinski definition) is 3. The van der Waals surface area contributed by atoms with Gasteiger partial charge in [-0.3, -0.25) is 4.68 Å². The number of nitrogens with zero attached hydrogens (tertiary/aromatic N) is 3. The molecule has 1 aliphatic heterocycles. The Hall–Kier alpha value is -0.380. The third-order valence-electron chi connectivity index (χ3n) is 2.03. The number of nitriles is 1. The predicted octanol–water partition coefficient (Wildman–Crippen LogP) is 1.42. The molecule has 1 aromatic rings. The lowest BCUT2D eigenvalue weighted by Crippen LogP contribution is -2.43. The molecule has 0 aliphatic carbocycles. The van der Waals surface area contributed by atoms with Crippen molar-refractivity contribution in [1.29, 1.82) is 5.26 Å². The molecule has 0 atom stereocenters. The van der Waals surface area contributed by atoms with Crippen molar-refractivity contribution in [2.24, 2.45) is 0 Å². The molecule has 0 unspecified atom stereocenters. The van der Waals surface area contributed by atoms with E-state index in [2.05, 4.69) is 48.3 Å². The second-order valence-corrected chi connectivity index (χ2v) is 4.33. The van der Waals surface area contributed by atoms with Crippen LogP contribution >= 0.6 is 31.9 Å². The predicted molar refractivity (Wildman–Crippen MR) is 54.2 cm³/mol. The Labute approximate surface area is 92.2 Å². The Morgan fingerprint density at radius 3 is 2.62 bits per heavy atom. The Morgan fingerprint density at radius 2 is 2.23 bits per heavy atom. The van der Waals surface area contributed by atoms with Crippen LogP contribution in [0.25, 0.3) is 0 Å². The Balaban J connectivity index is 2.42. The van der Waals surface area contributed by atoms with Gasteiger partial charge < -0.3 is 5.32 Å². The summed E-state index contributed by atoms with van der Waals surface area (Å²) in [5.41, 5.74) is 0.562. The van der Waals surface area contributed by atoms with Crippen molar-refractivity contribution in [2.45, 2.75) is 6.04 Å². The average Bonchev–Trinajstić information content (AvgIpc) is 2.25. The number of rotatable bonds is 1. The normalized spacial score (nSPS) is 16.7. The Morgan fingerprint density at radius 1 is 1.54 bits per heavy atom. The van der Waals surface area contributed by atoms with Gasteiger partial charge in [0.2, 0.25) is 0 Å². The van der Waals surface area contributed by atoms with Gasteiger partial charge in [-0.15, -0.1) is 0 Å². The number of hydrogen-bond donors (Lipinski definition) is 1. The zero-order valence-corrected chi connectivity index (χ0v) is 9.76. The summed E-state index contributed by atoms with van der Waals surface area (Å²) in [4.78, 5) is 0. The maximum atomic E-state index is 8.81. The molecule has 0 spiro atoms. The van der Waals surface area contributed by atoms with Crippen molar-refractivity contribution in [2.75, 3.05) is 13.1 Å². The lowest BCUT2D eigenvalue weighted by Gasteiger charge is -2.27. The standard InChI is InChI=1S/C7H6Br2N4/c8-6-5(1-10)7(9)13(12-6)4-2-11-3-4/h4,11H,2-3H2. The molecule has 0 saturated carbocycles. The minimum atomic E-state index is 0.368. The Kier molecular flexibility index (Phi) is 2.41. The molecule has 13 heavy (non-hydrogen) atoms. The molecule has 6 heteroatoms. The first kappa shape index (κ1) is 9.19. The van der Waals surface area contributed by atoms with Gasteiger partial charge in [-0.2, -0.15) is 10.4 Å². The fraction of sp³-hybridized carbons (Fsp3) is 0.429. The molecule has 4 nitrogen and oxygen atoms in total. The van der Waals surface area contributed by atoms with Crippen LogP contribution in [0.4, 0.5) is 0 Å². The second kappa shape index (κ2) is 3.40. The van der Waals surface area contributed by atoms with Gasteiger partial charge in [-0.1, -0.05) is 0 Å². The van der Waals surface area contributed by atoms with Crippen molar-refractivity contribution in [3.63, 3.8) is 0 Å². The Bertz CT molecular complexity index is 375. The van der Waals surface area contributed by atoms with Crippen molar-refractivity contribution in [1.82, 2.24) is 15.1 Å². The summed E-state index contributed by atoms with van der Waals surface area (Å²) in [6.45, 7) is 1.83. The fourth-order valence-corrected chi connectivity index (χ4v) is 2.53. The van der Waals surface area contributed by atoms with Crippen LogP contribution in [0.5, 0.6) is 0 Å². The first-order valence-electron chi connectivity index (χ1n) is 3.78. The van der Waals surface area contributed by atoms with Gasteiger partial charge in [0.15, 0.2) is 0 Å². The van der Waals surface area contributed by atoms with Crippen LogP contribution in [-0.2, 0) is 0 Å². The van der Waals surface area contributed by atoms with Gasteiger partial charge >= 0.3 is 0 Å². The summed E-state index contributed by atoms with van der Waals surface area (Å²) >= 11 is 6.60. The van der Waals surface area contributed by atoms with E-state index in [0.717, 1.165) is 17.7 Å². The topological polar surface area (TPSA) is 53.6 Å². The summed E-state index contributed by atoms with van der Waals surface area (Å²) in [5.74, 6) is 0. The SMILES string of the molecule is N#Cc1c(Br)nn(C2CNC2)c1Br. The minimum absolute atomic E-state index is 0.368. The highest BCUT2D eigenvalue weighted by Gasteiger charge is 2.24. The minimum Gasteiger partial charge on any atom is -0.312 e. The maximum absolute atomic E-state index is 8.81. The molecule has 0 aromatic carbocycles. The van der Waals surface area contributed by atoms with Crippen LogP contribution < -0.4 is 5.32 Å². The zero-order chi connectivity index (χ0) is 9.42. The molecule has 2 heterocycles. The number of nitrogens with one attached hydrogen (secondary N) is 1. The third kappa shape index (κ3) is 1.41. The summed E-state index contributed by atoms with van der Waals surface area (Å²) in [5, 5.41) is 16.2. The number of aromatic nitrogens is 2. The maximum Gasteiger partial charge on any atom is 0.147 e. The van der Waals surface area contributed by atoms with Gasteiger partial charge in [0.1, 0.15) is 20.8 Å². The summed E-state index contributed by atoms with van der Waals surface area (Å²) in [6.07, 6.45) is 0. The largest absolute Gasteiger partial charge is 0.312 e. The van der Waals surface area contributed by atoms with Crippen LogP contribution in [0, 0.1) is 11.3 Å². The second-order valence-electron chi connectivity index (χ2n) is 2.83.